The number of hydrogen-bond acceptors (Lipinski definition) is 4. The van der Waals surface area contributed by atoms with Gasteiger partial charge in [0.05, 0.1) is 23.7 Å². The molecule has 6 heteroatoms. The fraction of sp³-hybridized carbons (Fsp3) is 0.462. The molecule has 1 aliphatic rings. The van der Waals surface area contributed by atoms with Crippen LogP contribution >= 0.6 is 0 Å². The molecule has 1 aromatic heterocycles. The first-order chi connectivity index (χ1) is 9.08. The van der Waals surface area contributed by atoms with Gasteiger partial charge in [-0.15, -0.1) is 0 Å². The normalized spacial score (nSPS) is 22.2. The number of hydrogen-bond donors (Lipinski definition) is 3. The maximum atomic E-state index is 12.0. The summed E-state index contributed by atoms with van der Waals surface area (Å²) in [6.07, 6.45) is 1.44. The van der Waals surface area contributed by atoms with Gasteiger partial charge in [0, 0.05) is 12.7 Å². The molecule has 6 nitrogen and oxygen atoms in total. The zero-order valence-corrected chi connectivity index (χ0v) is 10.7. The molecule has 0 saturated carbocycles. The van der Waals surface area contributed by atoms with Gasteiger partial charge in [-0.3, -0.25) is 9.78 Å². The van der Waals surface area contributed by atoms with E-state index in [0.29, 0.717) is 18.2 Å². The molecule has 0 aliphatic carbocycles. The number of pyridine rings is 1. The summed E-state index contributed by atoms with van der Waals surface area (Å²) in [6, 6.07) is 2.90. The van der Waals surface area contributed by atoms with Crippen LogP contribution in [0.15, 0.2) is 18.3 Å². The molecule has 0 spiro atoms. The number of aromatic carboxylic acids is 1. The van der Waals surface area contributed by atoms with Gasteiger partial charge in [0.25, 0.3) is 0 Å². The van der Waals surface area contributed by atoms with E-state index in [4.69, 9.17) is 5.11 Å². The van der Waals surface area contributed by atoms with Gasteiger partial charge in [-0.25, -0.2) is 4.79 Å². The Kier molecular flexibility index (Phi) is 4.11. The highest BCUT2D eigenvalue weighted by atomic mass is 16.4. The summed E-state index contributed by atoms with van der Waals surface area (Å²) in [5.41, 5.74) is 0.724. The first-order valence-corrected chi connectivity index (χ1v) is 6.24. The quantitative estimate of drug-likeness (QED) is 0.724. The molecule has 1 aliphatic heterocycles. The summed E-state index contributed by atoms with van der Waals surface area (Å²) in [5.74, 6) is -0.718. The van der Waals surface area contributed by atoms with Crippen molar-refractivity contribution >= 4 is 11.9 Å². The topological polar surface area (TPSA) is 91.3 Å². The van der Waals surface area contributed by atoms with Crippen molar-refractivity contribution in [2.24, 2.45) is 11.8 Å². The maximum Gasteiger partial charge on any atom is 0.335 e. The van der Waals surface area contributed by atoms with Crippen LogP contribution in [-0.2, 0) is 11.3 Å². The van der Waals surface area contributed by atoms with Gasteiger partial charge in [-0.05, 0) is 24.6 Å². The molecular formula is C13H17N3O3. The largest absolute Gasteiger partial charge is 0.478 e. The van der Waals surface area contributed by atoms with Crippen molar-refractivity contribution in [1.29, 1.82) is 0 Å². The van der Waals surface area contributed by atoms with E-state index < -0.39 is 5.97 Å². The lowest BCUT2D eigenvalue weighted by Gasteiger charge is -2.13. The molecule has 102 valence electrons. The number of carboxylic acids is 1. The molecule has 2 rings (SSSR count). The molecule has 0 aromatic carbocycles. The number of carbonyl (C=O) groups is 2. The molecule has 2 heterocycles. The Labute approximate surface area is 111 Å². The summed E-state index contributed by atoms with van der Waals surface area (Å²) in [7, 11) is 0. The van der Waals surface area contributed by atoms with E-state index in [9.17, 15) is 9.59 Å². The van der Waals surface area contributed by atoms with Gasteiger partial charge < -0.3 is 15.7 Å². The van der Waals surface area contributed by atoms with Crippen molar-refractivity contribution in [3.05, 3.63) is 29.6 Å². The van der Waals surface area contributed by atoms with Crippen molar-refractivity contribution in [2.45, 2.75) is 13.5 Å². The average molecular weight is 263 g/mol. The average Bonchev–Trinajstić information content (AvgIpc) is 2.82. The number of nitrogens with one attached hydrogen (secondary N) is 2. The summed E-state index contributed by atoms with van der Waals surface area (Å²) in [4.78, 5) is 26.8. The highest BCUT2D eigenvalue weighted by Crippen LogP contribution is 2.15. The molecule has 1 aromatic rings. The first-order valence-electron chi connectivity index (χ1n) is 6.24. The van der Waals surface area contributed by atoms with Crippen LogP contribution < -0.4 is 10.6 Å². The third-order valence-corrected chi connectivity index (χ3v) is 3.36. The van der Waals surface area contributed by atoms with Crippen molar-refractivity contribution in [3.63, 3.8) is 0 Å². The predicted octanol–water partition coefficient (Wildman–Crippen LogP) is 0.251. The molecule has 19 heavy (non-hydrogen) atoms. The number of aromatic nitrogens is 1. The van der Waals surface area contributed by atoms with Gasteiger partial charge in [-0.1, -0.05) is 6.92 Å². The minimum Gasteiger partial charge on any atom is -0.478 e. The number of rotatable bonds is 4. The molecule has 2 atom stereocenters. The Morgan fingerprint density at radius 2 is 2.32 bits per heavy atom. The smallest absolute Gasteiger partial charge is 0.335 e. The molecule has 1 saturated heterocycles. The Bertz CT molecular complexity index is 490. The van der Waals surface area contributed by atoms with Gasteiger partial charge in [-0.2, -0.15) is 0 Å². The lowest BCUT2D eigenvalue weighted by molar-refractivity contribution is -0.125. The molecular weight excluding hydrogens is 246 g/mol. The third kappa shape index (κ3) is 3.29. The van der Waals surface area contributed by atoms with Crippen LogP contribution in [0, 0.1) is 11.8 Å². The monoisotopic (exact) mass is 263 g/mol. The second kappa shape index (κ2) is 5.79. The highest BCUT2D eigenvalue weighted by molar-refractivity contribution is 5.87. The summed E-state index contributed by atoms with van der Waals surface area (Å²) >= 11 is 0. The van der Waals surface area contributed by atoms with Crippen LogP contribution in [0.25, 0.3) is 0 Å². The number of nitrogens with zero attached hydrogens (tertiary/aromatic N) is 1. The molecule has 1 amide bonds. The molecule has 0 unspecified atom stereocenters. The fourth-order valence-electron chi connectivity index (χ4n) is 2.18. The van der Waals surface area contributed by atoms with Crippen LogP contribution in [0.2, 0.25) is 0 Å². The van der Waals surface area contributed by atoms with E-state index in [-0.39, 0.29) is 23.9 Å². The molecule has 3 N–H and O–H groups in total. The Balaban J connectivity index is 1.93. The molecule has 1 fully saturated rings. The van der Waals surface area contributed by atoms with Crippen LogP contribution in [0.4, 0.5) is 0 Å². The SMILES string of the molecule is C[C@@H]1CNC[C@H]1C(=O)NCc1cc(C(=O)O)ccn1. The number of carbonyl (C=O) groups excluding carboxylic acids is 1. The minimum absolute atomic E-state index is 0.0139. The van der Waals surface area contributed by atoms with Crippen molar-refractivity contribution in [3.8, 4) is 0 Å². The van der Waals surface area contributed by atoms with Crippen LogP contribution in [0.5, 0.6) is 0 Å². The third-order valence-electron chi connectivity index (χ3n) is 3.36. The Morgan fingerprint density at radius 1 is 1.53 bits per heavy atom. The van der Waals surface area contributed by atoms with E-state index in [2.05, 4.69) is 15.6 Å². The first kappa shape index (κ1) is 13.5. The predicted molar refractivity (Wildman–Crippen MR) is 68.6 cm³/mol. The second-order valence-electron chi connectivity index (χ2n) is 4.80. The summed E-state index contributed by atoms with van der Waals surface area (Å²) in [6.45, 7) is 3.83. The second-order valence-corrected chi connectivity index (χ2v) is 4.80. The minimum atomic E-state index is -0.997. The fourth-order valence-corrected chi connectivity index (χ4v) is 2.18. The Morgan fingerprint density at radius 3 is 2.95 bits per heavy atom. The van der Waals surface area contributed by atoms with Crippen LogP contribution in [0.1, 0.15) is 23.0 Å². The lowest BCUT2D eigenvalue weighted by Crippen LogP contribution is -2.34. The number of carboxylic acid groups (broad SMARTS) is 1. The van der Waals surface area contributed by atoms with Crippen molar-refractivity contribution in [2.75, 3.05) is 13.1 Å². The van der Waals surface area contributed by atoms with Gasteiger partial charge in [0.15, 0.2) is 0 Å². The zero-order valence-electron chi connectivity index (χ0n) is 10.7. The highest BCUT2D eigenvalue weighted by Gasteiger charge is 2.29. The van der Waals surface area contributed by atoms with Crippen molar-refractivity contribution < 1.29 is 14.7 Å². The number of amides is 1. The van der Waals surface area contributed by atoms with E-state index in [1.54, 1.807) is 0 Å². The standard InChI is InChI=1S/C13H17N3O3/c1-8-5-14-7-11(8)12(17)16-6-10-4-9(13(18)19)2-3-15-10/h2-4,8,11,14H,5-7H2,1H3,(H,16,17)(H,18,19)/t8-,11-/m1/s1. The van der Waals surface area contributed by atoms with Gasteiger partial charge in [0.2, 0.25) is 5.91 Å². The summed E-state index contributed by atoms with van der Waals surface area (Å²) in [5, 5.41) is 14.8. The van der Waals surface area contributed by atoms with Crippen LogP contribution in [-0.4, -0.2) is 35.1 Å². The zero-order chi connectivity index (χ0) is 13.8. The lowest BCUT2D eigenvalue weighted by atomic mass is 9.97. The van der Waals surface area contributed by atoms with E-state index in [1.807, 2.05) is 6.92 Å². The van der Waals surface area contributed by atoms with E-state index >= 15 is 0 Å². The van der Waals surface area contributed by atoms with Crippen molar-refractivity contribution in [1.82, 2.24) is 15.6 Å². The van der Waals surface area contributed by atoms with Gasteiger partial charge >= 0.3 is 5.97 Å². The van der Waals surface area contributed by atoms with Gasteiger partial charge in [0.1, 0.15) is 0 Å². The molecule has 0 radical (unpaired) electrons. The molecule has 0 bridgehead atoms. The van der Waals surface area contributed by atoms with Crippen LogP contribution in [0.3, 0.4) is 0 Å². The summed E-state index contributed by atoms with van der Waals surface area (Å²) < 4.78 is 0. The van der Waals surface area contributed by atoms with E-state index in [1.165, 1.54) is 18.3 Å². The maximum absolute atomic E-state index is 12.0. The Hall–Kier alpha value is -1.95. The van der Waals surface area contributed by atoms with E-state index in [0.717, 1.165) is 6.54 Å².